The maximum atomic E-state index is 11.1. The highest BCUT2D eigenvalue weighted by atomic mass is 127. The Morgan fingerprint density at radius 2 is 1.71 bits per heavy atom. The topological polar surface area (TPSA) is 37.3 Å². The SMILES string of the molecule is O=C(O)c1ccccc1[I+]c1ccc(Br)cc1. The molecule has 2 aromatic carbocycles. The van der Waals surface area contributed by atoms with Gasteiger partial charge in [0, 0.05) is 4.47 Å². The van der Waals surface area contributed by atoms with Crippen molar-refractivity contribution in [1.82, 2.24) is 0 Å². The number of carboxylic acid groups (broad SMARTS) is 1. The molecular formula is C13H9BrIO2+. The molecule has 0 aliphatic carbocycles. The zero-order chi connectivity index (χ0) is 12.3. The lowest BCUT2D eigenvalue weighted by atomic mass is 10.2. The predicted octanol–water partition coefficient (Wildman–Crippen LogP) is 0.276. The van der Waals surface area contributed by atoms with E-state index in [2.05, 4.69) is 15.9 Å². The van der Waals surface area contributed by atoms with Crippen LogP contribution >= 0.6 is 15.9 Å². The zero-order valence-electron chi connectivity index (χ0n) is 8.73. The van der Waals surface area contributed by atoms with Crippen molar-refractivity contribution in [2.45, 2.75) is 0 Å². The summed E-state index contributed by atoms with van der Waals surface area (Å²) in [6.45, 7) is 0. The van der Waals surface area contributed by atoms with E-state index in [1.807, 2.05) is 36.4 Å². The summed E-state index contributed by atoms with van der Waals surface area (Å²) in [6, 6.07) is 15.3. The highest BCUT2D eigenvalue weighted by molar-refractivity contribution is 9.10. The molecule has 0 amide bonds. The Labute approximate surface area is 118 Å². The largest absolute Gasteiger partial charge is 0.478 e. The van der Waals surface area contributed by atoms with Gasteiger partial charge in [-0.25, -0.2) is 4.79 Å². The fourth-order valence-electron chi connectivity index (χ4n) is 1.33. The first-order chi connectivity index (χ1) is 8.16. The zero-order valence-corrected chi connectivity index (χ0v) is 12.5. The maximum absolute atomic E-state index is 11.1. The average molecular weight is 404 g/mol. The molecule has 0 unspecified atom stereocenters. The minimum Gasteiger partial charge on any atom is -0.478 e. The number of aromatic carboxylic acids is 1. The van der Waals surface area contributed by atoms with Gasteiger partial charge in [-0.15, -0.1) is 0 Å². The van der Waals surface area contributed by atoms with Crippen LogP contribution in [0.2, 0.25) is 0 Å². The summed E-state index contributed by atoms with van der Waals surface area (Å²) < 4.78 is 3.19. The first-order valence-electron chi connectivity index (χ1n) is 4.89. The van der Waals surface area contributed by atoms with Crippen LogP contribution in [0.15, 0.2) is 53.0 Å². The Kier molecular flexibility index (Phi) is 4.17. The smallest absolute Gasteiger partial charge is 0.358 e. The Balaban J connectivity index is 2.30. The van der Waals surface area contributed by atoms with Crippen molar-refractivity contribution in [2.24, 2.45) is 0 Å². The van der Waals surface area contributed by atoms with E-state index in [0.717, 1.165) is 8.04 Å². The van der Waals surface area contributed by atoms with Crippen LogP contribution in [0.3, 0.4) is 0 Å². The van der Waals surface area contributed by atoms with Crippen molar-refractivity contribution in [2.75, 3.05) is 0 Å². The molecule has 0 bridgehead atoms. The summed E-state index contributed by atoms with van der Waals surface area (Å²) in [5.41, 5.74) is 0.420. The van der Waals surface area contributed by atoms with Crippen LogP contribution in [-0.4, -0.2) is 11.1 Å². The van der Waals surface area contributed by atoms with E-state index in [1.165, 1.54) is 3.57 Å². The standard InChI is InChI=1S/C13H8BrIO2/c14-9-5-7-10(8-6-9)15-12-4-2-1-3-11(12)13(16)17/h1-8H/p+1. The number of carbonyl (C=O) groups is 1. The number of carboxylic acids is 1. The summed E-state index contributed by atoms with van der Waals surface area (Å²) in [6.07, 6.45) is 0. The number of rotatable bonds is 3. The van der Waals surface area contributed by atoms with Crippen molar-refractivity contribution >= 4 is 21.9 Å². The first kappa shape index (κ1) is 12.6. The fourth-order valence-corrected chi connectivity index (χ4v) is 4.07. The minimum absolute atomic E-state index is 0.420. The lowest BCUT2D eigenvalue weighted by Gasteiger charge is -1.94. The van der Waals surface area contributed by atoms with E-state index in [9.17, 15) is 4.79 Å². The molecule has 2 nitrogen and oxygen atoms in total. The molecule has 0 aliphatic rings. The molecule has 17 heavy (non-hydrogen) atoms. The second-order valence-electron chi connectivity index (χ2n) is 3.32. The van der Waals surface area contributed by atoms with Gasteiger partial charge in [-0.1, -0.05) is 28.1 Å². The molecule has 0 radical (unpaired) electrons. The maximum Gasteiger partial charge on any atom is 0.358 e. The Morgan fingerprint density at radius 1 is 1.06 bits per heavy atom. The van der Waals surface area contributed by atoms with Crippen molar-refractivity contribution in [3.8, 4) is 0 Å². The molecule has 0 spiro atoms. The van der Waals surface area contributed by atoms with Gasteiger partial charge in [-0.05, 0) is 36.4 Å². The number of hydrogen-bond acceptors (Lipinski definition) is 1. The predicted molar refractivity (Wildman–Crippen MR) is 64.9 cm³/mol. The molecule has 2 aromatic rings. The van der Waals surface area contributed by atoms with Crippen molar-refractivity contribution in [3.63, 3.8) is 0 Å². The van der Waals surface area contributed by atoms with E-state index in [-0.39, 0.29) is 0 Å². The highest BCUT2D eigenvalue weighted by Crippen LogP contribution is 2.06. The Hall–Kier alpha value is -0.880. The summed E-state index contributed by atoms with van der Waals surface area (Å²) in [4.78, 5) is 11.1. The van der Waals surface area contributed by atoms with Gasteiger partial charge in [0.2, 0.25) is 3.57 Å². The molecule has 0 heterocycles. The second-order valence-corrected chi connectivity index (χ2v) is 7.18. The van der Waals surface area contributed by atoms with E-state index >= 15 is 0 Å². The molecule has 0 aliphatic heterocycles. The van der Waals surface area contributed by atoms with Crippen LogP contribution in [0.5, 0.6) is 0 Å². The molecule has 4 heteroatoms. The first-order valence-corrected chi connectivity index (χ1v) is 7.84. The summed E-state index contributed by atoms with van der Waals surface area (Å²) in [5, 5.41) is 9.10. The van der Waals surface area contributed by atoms with Gasteiger partial charge in [0.15, 0.2) is 3.57 Å². The van der Waals surface area contributed by atoms with Gasteiger partial charge >= 0.3 is 27.2 Å². The third kappa shape index (κ3) is 3.29. The third-order valence-electron chi connectivity index (χ3n) is 2.12. The number of hydrogen-bond donors (Lipinski definition) is 1. The van der Waals surface area contributed by atoms with E-state index in [1.54, 1.807) is 12.1 Å². The van der Waals surface area contributed by atoms with Gasteiger partial charge in [0.1, 0.15) is 5.56 Å². The average Bonchev–Trinajstić information content (AvgIpc) is 2.32. The minimum atomic E-state index is -0.850. The van der Waals surface area contributed by atoms with Crippen molar-refractivity contribution in [1.29, 1.82) is 0 Å². The van der Waals surface area contributed by atoms with Gasteiger partial charge in [-0.3, -0.25) is 0 Å². The van der Waals surface area contributed by atoms with Gasteiger partial charge in [0.25, 0.3) is 0 Å². The van der Waals surface area contributed by atoms with Gasteiger partial charge in [-0.2, -0.15) is 0 Å². The fraction of sp³-hybridized carbons (Fsp3) is 0. The van der Waals surface area contributed by atoms with Crippen LogP contribution in [-0.2, 0) is 0 Å². The third-order valence-corrected chi connectivity index (χ3v) is 5.51. The van der Waals surface area contributed by atoms with Crippen LogP contribution < -0.4 is 21.2 Å². The molecule has 0 saturated carbocycles. The van der Waals surface area contributed by atoms with E-state index in [4.69, 9.17) is 5.11 Å². The molecule has 0 atom stereocenters. The number of halogens is 2. The summed E-state index contributed by atoms with van der Waals surface area (Å²) in [5.74, 6) is -0.850. The van der Waals surface area contributed by atoms with Crippen LogP contribution in [0, 0.1) is 7.14 Å². The highest BCUT2D eigenvalue weighted by Gasteiger charge is 2.22. The Morgan fingerprint density at radius 3 is 2.35 bits per heavy atom. The molecule has 0 fully saturated rings. The molecule has 0 saturated heterocycles. The quantitative estimate of drug-likeness (QED) is 0.747. The van der Waals surface area contributed by atoms with Crippen LogP contribution in [0.4, 0.5) is 0 Å². The molecule has 86 valence electrons. The van der Waals surface area contributed by atoms with E-state index < -0.39 is 27.2 Å². The van der Waals surface area contributed by atoms with Crippen molar-refractivity contribution < 1.29 is 31.1 Å². The lowest BCUT2D eigenvalue weighted by Crippen LogP contribution is -3.61. The van der Waals surface area contributed by atoms with Crippen LogP contribution in [0.1, 0.15) is 10.4 Å². The van der Waals surface area contributed by atoms with Gasteiger partial charge in [0.05, 0.1) is 0 Å². The molecule has 1 N–H and O–H groups in total. The normalized spacial score (nSPS) is 10.2. The lowest BCUT2D eigenvalue weighted by molar-refractivity contribution is -0.597. The van der Waals surface area contributed by atoms with E-state index in [0.29, 0.717) is 5.56 Å². The van der Waals surface area contributed by atoms with Crippen LogP contribution in [0.25, 0.3) is 0 Å². The van der Waals surface area contributed by atoms with Gasteiger partial charge < -0.3 is 5.11 Å². The van der Waals surface area contributed by atoms with Crippen molar-refractivity contribution in [3.05, 3.63) is 65.7 Å². The summed E-state index contributed by atoms with van der Waals surface area (Å²) in [7, 11) is 0. The second kappa shape index (κ2) is 5.64. The number of benzene rings is 2. The monoisotopic (exact) mass is 403 g/mol. The Bertz CT molecular complexity index is 537. The molecule has 0 aromatic heterocycles. The molecule has 2 rings (SSSR count). The molecular weight excluding hydrogens is 395 g/mol. The summed E-state index contributed by atoms with van der Waals surface area (Å²) >= 11 is 2.95.